The van der Waals surface area contributed by atoms with Crippen molar-refractivity contribution in [1.82, 2.24) is 9.88 Å². The summed E-state index contributed by atoms with van der Waals surface area (Å²) in [4.78, 5) is 8.54. The van der Waals surface area contributed by atoms with Gasteiger partial charge in [0.25, 0.3) is 0 Å². The van der Waals surface area contributed by atoms with Crippen LogP contribution < -0.4 is 5.73 Å². The number of anilines is 1. The van der Waals surface area contributed by atoms with Gasteiger partial charge in [0.15, 0.2) is 5.13 Å². The van der Waals surface area contributed by atoms with E-state index >= 15 is 0 Å². The van der Waals surface area contributed by atoms with E-state index in [2.05, 4.69) is 9.88 Å². The maximum atomic E-state index is 5.79. The minimum atomic E-state index is 0. The molecule has 0 saturated heterocycles. The summed E-state index contributed by atoms with van der Waals surface area (Å²) in [5, 5.41) is 0.751. The summed E-state index contributed by atoms with van der Waals surface area (Å²) >= 11 is 1.69. The van der Waals surface area contributed by atoms with Crippen LogP contribution in [-0.2, 0) is 12.8 Å². The fourth-order valence-electron chi connectivity index (χ4n) is 3.35. The first-order chi connectivity index (χ1) is 8.81. The maximum Gasteiger partial charge on any atom is 0.180 e. The molecule has 116 valence electrons. The molecule has 1 fully saturated rings. The number of nitrogen functional groups attached to an aromatic ring is 1. The minimum Gasteiger partial charge on any atom is -0.375 e. The van der Waals surface area contributed by atoms with Crippen molar-refractivity contribution in [3.05, 3.63) is 10.6 Å². The minimum absolute atomic E-state index is 0. The van der Waals surface area contributed by atoms with Gasteiger partial charge >= 0.3 is 0 Å². The van der Waals surface area contributed by atoms with Gasteiger partial charge in [-0.25, -0.2) is 4.98 Å². The van der Waals surface area contributed by atoms with Crippen LogP contribution in [0.1, 0.15) is 42.7 Å². The molecule has 2 aliphatic rings. The first-order valence-electron chi connectivity index (χ1n) is 7.27. The molecule has 3 nitrogen and oxygen atoms in total. The van der Waals surface area contributed by atoms with Crippen molar-refractivity contribution < 1.29 is 0 Å². The topological polar surface area (TPSA) is 42.1 Å². The van der Waals surface area contributed by atoms with Gasteiger partial charge in [0.2, 0.25) is 0 Å². The summed E-state index contributed by atoms with van der Waals surface area (Å²) in [7, 11) is 0. The van der Waals surface area contributed by atoms with Crippen molar-refractivity contribution >= 4 is 41.3 Å². The number of halogens is 2. The standard InChI is InChI=1S/C14H23N3S.2ClH/c15-14-16-12-6-8-17(9-7-13(12)18-14)10-11-4-2-1-3-5-11;;/h11H,1-10H2,(H2,15,16);2*1H. The number of nitrogens with two attached hydrogens (primary N) is 1. The van der Waals surface area contributed by atoms with Crippen LogP contribution in [0.5, 0.6) is 0 Å². The van der Waals surface area contributed by atoms with E-state index in [9.17, 15) is 0 Å². The Balaban J connectivity index is 0.000001000. The van der Waals surface area contributed by atoms with E-state index in [0.717, 1.165) is 23.9 Å². The molecule has 0 atom stereocenters. The Kier molecular flexibility index (Phi) is 7.59. The first kappa shape index (κ1) is 18.0. The highest BCUT2D eigenvalue weighted by atomic mass is 35.5. The molecule has 0 spiro atoms. The highest BCUT2D eigenvalue weighted by molar-refractivity contribution is 7.15. The number of aromatic nitrogens is 1. The Hall–Kier alpha value is -0.0300. The number of rotatable bonds is 2. The van der Waals surface area contributed by atoms with Crippen LogP contribution in [-0.4, -0.2) is 29.5 Å². The van der Waals surface area contributed by atoms with Gasteiger partial charge in [-0.05, 0) is 25.2 Å². The second-order valence-corrected chi connectivity index (χ2v) is 6.84. The number of hydrogen-bond donors (Lipinski definition) is 1. The van der Waals surface area contributed by atoms with Crippen molar-refractivity contribution in [2.24, 2.45) is 5.92 Å². The molecule has 1 saturated carbocycles. The van der Waals surface area contributed by atoms with Gasteiger partial charge in [0.05, 0.1) is 5.69 Å². The molecule has 1 aromatic heterocycles. The molecule has 0 radical (unpaired) electrons. The van der Waals surface area contributed by atoms with E-state index in [4.69, 9.17) is 5.73 Å². The molecule has 0 amide bonds. The summed E-state index contributed by atoms with van der Waals surface area (Å²) in [5.41, 5.74) is 7.05. The van der Waals surface area contributed by atoms with E-state index in [1.54, 1.807) is 11.3 Å². The van der Waals surface area contributed by atoms with Gasteiger partial charge in [-0.1, -0.05) is 19.3 Å². The zero-order valence-corrected chi connectivity index (χ0v) is 14.3. The average molecular weight is 338 g/mol. The molecule has 2 heterocycles. The summed E-state index contributed by atoms with van der Waals surface area (Å²) < 4.78 is 0. The second-order valence-electron chi connectivity index (χ2n) is 5.73. The van der Waals surface area contributed by atoms with E-state index in [1.807, 2.05) is 0 Å². The predicted octanol–water partition coefficient (Wildman–Crippen LogP) is 3.55. The quantitative estimate of drug-likeness (QED) is 0.897. The van der Waals surface area contributed by atoms with Crippen LogP contribution in [0, 0.1) is 5.92 Å². The Morgan fingerprint density at radius 2 is 1.80 bits per heavy atom. The Morgan fingerprint density at radius 3 is 2.55 bits per heavy atom. The summed E-state index contributed by atoms with van der Waals surface area (Å²) in [6.07, 6.45) is 9.49. The highest BCUT2D eigenvalue weighted by Gasteiger charge is 2.21. The summed E-state index contributed by atoms with van der Waals surface area (Å²) in [6, 6.07) is 0. The molecular weight excluding hydrogens is 313 g/mol. The van der Waals surface area contributed by atoms with Crippen molar-refractivity contribution in [2.45, 2.75) is 44.9 Å². The Labute approximate surface area is 138 Å². The van der Waals surface area contributed by atoms with Gasteiger partial charge in [-0.15, -0.1) is 36.2 Å². The number of thiazole rings is 1. The average Bonchev–Trinajstić information content (AvgIpc) is 2.65. The monoisotopic (exact) mass is 337 g/mol. The fourth-order valence-corrected chi connectivity index (χ4v) is 4.21. The number of nitrogens with zero attached hydrogens (tertiary/aromatic N) is 2. The van der Waals surface area contributed by atoms with Gasteiger partial charge in [-0.3, -0.25) is 0 Å². The molecule has 20 heavy (non-hydrogen) atoms. The van der Waals surface area contributed by atoms with Crippen LogP contribution >= 0.6 is 36.2 Å². The van der Waals surface area contributed by atoms with E-state index < -0.39 is 0 Å². The molecule has 1 aliphatic carbocycles. The molecule has 1 aromatic rings. The highest BCUT2D eigenvalue weighted by Crippen LogP contribution is 2.27. The van der Waals surface area contributed by atoms with Crippen molar-refractivity contribution in [3.63, 3.8) is 0 Å². The fraction of sp³-hybridized carbons (Fsp3) is 0.786. The summed E-state index contributed by atoms with van der Waals surface area (Å²) in [5.74, 6) is 0.952. The first-order valence-corrected chi connectivity index (χ1v) is 8.09. The van der Waals surface area contributed by atoms with E-state index in [0.29, 0.717) is 0 Å². The Morgan fingerprint density at radius 1 is 1.10 bits per heavy atom. The van der Waals surface area contributed by atoms with Gasteiger partial charge in [0.1, 0.15) is 0 Å². The molecule has 0 bridgehead atoms. The maximum absolute atomic E-state index is 5.79. The third kappa shape index (κ3) is 4.48. The molecule has 1 aliphatic heterocycles. The zero-order chi connectivity index (χ0) is 12.4. The molecule has 0 aromatic carbocycles. The predicted molar refractivity (Wildman–Crippen MR) is 91.4 cm³/mol. The number of fused-ring (bicyclic) bond motifs is 1. The van der Waals surface area contributed by atoms with Crippen molar-refractivity contribution in [2.75, 3.05) is 25.4 Å². The van der Waals surface area contributed by atoms with E-state index in [1.165, 1.54) is 62.3 Å². The van der Waals surface area contributed by atoms with Gasteiger partial charge < -0.3 is 10.6 Å². The Bertz CT molecular complexity index is 380. The SMILES string of the molecule is Cl.Cl.Nc1nc2c(s1)CCN(CC1CCCCC1)CC2. The number of hydrogen-bond acceptors (Lipinski definition) is 4. The zero-order valence-electron chi connectivity index (χ0n) is 11.8. The van der Waals surface area contributed by atoms with Crippen LogP contribution in [0.3, 0.4) is 0 Å². The molecule has 2 N–H and O–H groups in total. The lowest BCUT2D eigenvalue weighted by atomic mass is 9.89. The van der Waals surface area contributed by atoms with Gasteiger partial charge in [-0.2, -0.15) is 0 Å². The lowest BCUT2D eigenvalue weighted by Gasteiger charge is -2.28. The molecule has 6 heteroatoms. The molecular formula is C14H25Cl2N3S. The van der Waals surface area contributed by atoms with Crippen LogP contribution in [0.4, 0.5) is 5.13 Å². The largest absolute Gasteiger partial charge is 0.375 e. The van der Waals surface area contributed by atoms with Crippen LogP contribution in [0.15, 0.2) is 0 Å². The summed E-state index contributed by atoms with van der Waals surface area (Å²) in [6.45, 7) is 3.68. The molecule has 3 rings (SSSR count). The smallest absolute Gasteiger partial charge is 0.180 e. The van der Waals surface area contributed by atoms with Crippen molar-refractivity contribution in [1.29, 1.82) is 0 Å². The third-order valence-electron chi connectivity index (χ3n) is 4.36. The molecule has 0 unspecified atom stereocenters. The van der Waals surface area contributed by atoms with Gasteiger partial charge in [0, 0.05) is 30.9 Å². The second kappa shape index (κ2) is 8.42. The lowest BCUT2D eigenvalue weighted by molar-refractivity contribution is 0.207. The van der Waals surface area contributed by atoms with Crippen LogP contribution in [0.25, 0.3) is 0 Å². The third-order valence-corrected chi connectivity index (χ3v) is 5.34. The lowest BCUT2D eigenvalue weighted by Crippen LogP contribution is -2.32. The van der Waals surface area contributed by atoms with E-state index in [-0.39, 0.29) is 24.8 Å². The normalized spacial score (nSPS) is 20.4. The van der Waals surface area contributed by atoms with Crippen LogP contribution in [0.2, 0.25) is 0 Å². The van der Waals surface area contributed by atoms with Crippen molar-refractivity contribution in [3.8, 4) is 0 Å².